The number of aromatic amines is 1. The van der Waals surface area contributed by atoms with E-state index in [4.69, 9.17) is 18.3 Å². The minimum atomic E-state index is -1.81. The van der Waals surface area contributed by atoms with Crippen LogP contribution in [-0.4, -0.2) is 101 Å². The smallest absolute Gasteiger partial charge is 0.321 e. The molecule has 0 spiro atoms. The quantitative estimate of drug-likeness (QED) is 0.195. The summed E-state index contributed by atoms with van der Waals surface area (Å²) in [6.07, 6.45) is 3.56. The van der Waals surface area contributed by atoms with Crippen LogP contribution in [-0.2, 0) is 29.5 Å². The molecule has 216 valence electrons. The molecule has 0 aliphatic rings. The molecule has 0 bridgehead atoms. The predicted molar refractivity (Wildman–Crippen MR) is 153 cm³/mol. The van der Waals surface area contributed by atoms with Crippen molar-refractivity contribution in [3.8, 4) is 0 Å². The molecular weight excluding hydrogens is 506 g/mol. The number of aromatic nitrogens is 2. The molecule has 1 unspecified atom stereocenters. The van der Waals surface area contributed by atoms with Gasteiger partial charge in [-0.3, -0.25) is 9.69 Å². The van der Waals surface area contributed by atoms with Crippen molar-refractivity contribution in [3.63, 3.8) is 0 Å². The summed E-state index contributed by atoms with van der Waals surface area (Å²) in [6.45, 7) is 26.0. The Bertz CT molecular complexity index is 738. The van der Waals surface area contributed by atoms with Crippen LogP contribution in [0, 0.1) is 0 Å². The van der Waals surface area contributed by atoms with E-state index in [1.807, 2.05) is 4.90 Å². The van der Waals surface area contributed by atoms with Gasteiger partial charge in [0.2, 0.25) is 0 Å². The first-order valence-corrected chi connectivity index (χ1v) is 19.2. The zero-order valence-corrected chi connectivity index (χ0v) is 27.0. The van der Waals surface area contributed by atoms with Gasteiger partial charge >= 0.3 is 5.97 Å². The monoisotopic (exact) mass is 559 g/mol. The number of carboxylic acid groups (broad SMARTS) is 1. The fourth-order valence-electron chi connectivity index (χ4n) is 3.11. The molecule has 0 fully saturated rings. The topological polar surface area (TPSA) is 106 Å². The van der Waals surface area contributed by atoms with Gasteiger partial charge in [-0.25, -0.2) is 4.98 Å². The molecule has 1 rings (SSSR count). The van der Waals surface area contributed by atoms with E-state index in [9.17, 15) is 9.90 Å². The van der Waals surface area contributed by atoms with Crippen LogP contribution in [0.25, 0.3) is 0 Å². The van der Waals surface area contributed by atoms with Crippen LogP contribution in [0.4, 0.5) is 0 Å². The van der Waals surface area contributed by atoms with Gasteiger partial charge in [-0.05, 0) is 36.3 Å². The highest BCUT2D eigenvalue weighted by atomic mass is 28.4. The average Bonchev–Trinajstić information content (AvgIpc) is 3.27. The standard InChI is InChI=1S/C26H53N3O6Si2/c1-25(2,3)36(7,8)34-17-15-32-13-11-29(23(24(30)31)19-22-20-27-21-28-22)12-14-33-16-18-35-37(9,10)26(4,5)6/h20-21,23H,11-19H2,1-10H3,(H,27,28)(H,30,31). The van der Waals surface area contributed by atoms with Gasteiger partial charge in [0.25, 0.3) is 0 Å². The Kier molecular flexibility index (Phi) is 13.7. The van der Waals surface area contributed by atoms with Gasteiger partial charge in [-0.2, -0.15) is 0 Å². The molecule has 0 amide bonds. The van der Waals surface area contributed by atoms with Gasteiger partial charge in [0.1, 0.15) is 6.04 Å². The Balaban J connectivity index is 2.58. The lowest BCUT2D eigenvalue weighted by Gasteiger charge is -2.36. The number of nitrogens with one attached hydrogen (secondary N) is 1. The van der Waals surface area contributed by atoms with Crippen molar-refractivity contribution in [3.05, 3.63) is 18.2 Å². The fourth-order valence-corrected chi connectivity index (χ4v) is 5.17. The summed E-state index contributed by atoms with van der Waals surface area (Å²) in [5.74, 6) is -0.878. The van der Waals surface area contributed by atoms with Crippen LogP contribution < -0.4 is 0 Å². The average molecular weight is 560 g/mol. The van der Waals surface area contributed by atoms with Crippen LogP contribution >= 0.6 is 0 Å². The van der Waals surface area contributed by atoms with Crippen LogP contribution in [0.5, 0.6) is 0 Å². The number of hydrogen-bond donors (Lipinski definition) is 2. The second-order valence-electron chi connectivity index (χ2n) is 12.6. The number of H-pyrrole nitrogens is 1. The van der Waals surface area contributed by atoms with Crippen molar-refractivity contribution in [1.29, 1.82) is 0 Å². The number of aliphatic carboxylic acids is 1. The zero-order chi connectivity index (χ0) is 28.3. The van der Waals surface area contributed by atoms with Gasteiger partial charge in [-0.15, -0.1) is 0 Å². The molecular formula is C26H53N3O6Si2. The number of ether oxygens (including phenoxy) is 2. The lowest BCUT2D eigenvalue weighted by molar-refractivity contribution is -0.144. The molecule has 1 atom stereocenters. The second kappa shape index (κ2) is 14.9. The molecule has 0 aliphatic carbocycles. The van der Waals surface area contributed by atoms with E-state index >= 15 is 0 Å². The molecule has 0 radical (unpaired) electrons. The molecule has 11 heteroatoms. The highest BCUT2D eigenvalue weighted by Crippen LogP contribution is 2.37. The van der Waals surface area contributed by atoms with Crippen molar-refractivity contribution in [1.82, 2.24) is 14.9 Å². The maximum absolute atomic E-state index is 12.2. The molecule has 0 saturated carbocycles. The maximum Gasteiger partial charge on any atom is 0.321 e. The highest BCUT2D eigenvalue weighted by Gasteiger charge is 2.37. The normalized spacial score (nSPS) is 14.4. The number of rotatable bonds is 18. The number of carboxylic acids is 1. The molecule has 0 aliphatic heterocycles. The largest absolute Gasteiger partial charge is 0.480 e. The SMILES string of the molecule is CC(C)(C)[Si](C)(C)OCCOCCN(CCOCCO[Si](C)(C)C(C)(C)C)C(Cc1cnc[nH]1)C(=O)O. The van der Waals surface area contributed by atoms with Crippen LogP contribution in [0.3, 0.4) is 0 Å². The number of imidazole rings is 1. The van der Waals surface area contributed by atoms with Gasteiger partial charge in [0.15, 0.2) is 16.6 Å². The van der Waals surface area contributed by atoms with Crippen molar-refractivity contribution in [2.75, 3.05) is 52.7 Å². The van der Waals surface area contributed by atoms with E-state index in [1.54, 1.807) is 12.5 Å². The van der Waals surface area contributed by atoms with Crippen LogP contribution in [0.2, 0.25) is 36.3 Å². The molecule has 1 heterocycles. The highest BCUT2D eigenvalue weighted by molar-refractivity contribution is 6.74. The summed E-state index contributed by atoms with van der Waals surface area (Å²) >= 11 is 0. The maximum atomic E-state index is 12.2. The lowest BCUT2D eigenvalue weighted by atomic mass is 10.1. The van der Waals surface area contributed by atoms with Gasteiger partial charge in [0, 0.05) is 31.4 Å². The second-order valence-corrected chi connectivity index (χ2v) is 22.2. The first-order valence-electron chi connectivity index (χ1n) is 13.4. The van der Waals surface area contributed by atoms with E-state index in [-0.39, 0.29) is 10.1 Å². The predicted octanol–water partition coefficient (Wildman–Crippen LogP) is 4.78. The first kappa shape index (κ1) is 33.9. The van der Waals surface area contributed by atoms with Crippen molar-refractivity contribution in [2.24, 2.45) is 0 Å². The minimum absolute atomic E-state index is 0.154. The minimum Gasteiger partial charge on any atom is -0.480 e. The van der Waals surface area contributed by atoms with E-state index in [0.29, 0.717) is 59.2 Å². The van der Waals surface area contributed by atoms with Crippen molar-refractivity contribution >= 4 is 22.6 Å². The van der Waals surface area contributed by atoms with E-state index < -0.39 is 28.6 Å². The van der Waals surface area contributed by atoms with E-state index in [0.717, 1.165) is 5.69 Å². The third kappa shape index (κ3) is 12.1. The Hall–Kier alpha value is -1.09. The fraction of sp³-hybridized carbons (Fsp3) is 0.846. The van der Waals surface area contributed by atoms with E-state index in [1.165, 1.54) is 0 Å². The Morgan fingerprint density at radius 2 is 1.35 bits per heavy atom. The van der Waals surface area contributed by atoms with Gasteiger partial charge < -0.3 is 28.4 Å². The first-order chi connectivity index (χ1) is 17.0. The lowest BCUT2D eigenvalue weighted by Crippen LogP contribution is -2.46. The molecule has 37 heavy (non-hydrogen) atoms. The molecule has 1 aromatic heterocycles. The number of nitrogens with zero attached hydrogens (tertiary/aromatic N) is 2. The number of carbonyl (C=O) groups is 1. The zero-order valence-electron chi connectivity index (χ0n) is 25.0. The molecule has 2 N–H and O–H groups in total. The summed E-state index contributed by atoms with van der Waals surface area (Å²) in [6, 6.07) is -0.709. The van der Waals surface area contributed by atoms with Crippen molar-refractivity contribution < 1.29 is 28.2 Å². The molecule has 9 nitrogen and oxygen atoms in total. The summed E-state index contributed by atoms with van der Waals surface area (Å²) in [4.78, 5) is 21.1. The molecule has 1 aromatic rings. The van der Waals surface area contributed by atoms with Crippen LogP contribution in [0.1, 0.15) is 47.2 Å². The van der Waals surface area contributed by atoms with E-state index in [2.05, 4.69) is 77.7 Å². The summed E-state index contributed by atoms with van der Waals surface area (Å²) < 4.78 is 24.0. The number of hydrogen-bond acceptors (Lipinski definition) is 7. The summed E-state index contributed by atoms with van der Waals surface area (Å²) in [5.41, 5.74) is 0.782. The third-order valence-corrected chi connectivity index (χ3v) is 16.8. The Morgan fingerprint density at radius 1 is 0.892 bits per heavy atom. The van der Waals surface area contributed by atoms with Gasteiger partial charge in [0.05, 0.1) is 46.0 Å². The summed E-state index contributed by atoms with van der Waals surface area (Å²) in [7, 11) is -3.62. The van der Waals surface area contributed by atoms with Gasteiger partial charge in [-0.1, -0.05) is 41.5 Å². The Labute approximate surface area is 226 Å². The van der Waals surface area contributed by atoms with Crippen LogP contribution in [0.15, 0.2) is 12.5 Å². The molecule has 0 aromatic carbocycles. The third-order valence-electron chi connectivity index (χ3n) is 7.73. The van der Waals surface area contributed by atoms with Crippen molar-refractivity contribution in [2.45, 2.75) is 90.3 Å². The Morgan fingerprint density at radius 3 is 1.70 bits per heavy atom. The molecule has 0 saturated heterocycles. The summed E-state index contributed by atoms with van der Waals surface area (Å²) in [5, 5.41) is 10.3.